The van der Waals surface area contributed by atoms with Crippen molar-refractivity contribution in [2.75, 3.05) is 13.7 Å². The Hall–Kier alpha value is -4.80. The lowest BCUT2D eigenvalue weighted by molar-refractivity contribution is 0.0960. The Balaban J connectivity index is 1.62. The minimum atomic E-state index is -0.490. The van der Waals surface area contributed by atoms with Crippen molar-refractivity contribution < 1.29 is 14.3 Å². The molecule has 5 rings (SSSR count). The van der Waals surface area contributed by atoms with Crippen LogP contribution in [-0.2, 0) is 6.42 Å². The monoisotopic (exact) mass is 471 g/mol. The van der Waals surface area contributed by atoms with E-state index in [0.717, 1.165) is 10.2 Å². The van der Waals surface area contributed by atoms with Gasteiger partial charge in [-0.2, -0.15) is 0 Å². The minimum Gasteiger partial charge on any atom is -0.493 e. The Morgan fingerprint density at radius 2 is 1.97 bits per heavy atom. The van der Waals surface area contributed by atoms with E-state index in [1.807, 2.05) is 12.1 Å². The summed E-state index contributed by atoms with van der Waals surface area (Å²) in [5.41, 5.74) is 7.74. The number of carbonyl (C=O) groups excluding carboxylic acids is 1. The van der Waals surface area contributed by atoms with Gasteiger partial charge in [-0.1, -0.05) is 24.3 Å². The topological polar surface area (TPSA) is 162 Å². The first-order valence-corrected chi connectivity index (χ1v) is 10.7. The van der Waals surface area contributed by atoms with Crippen LogP contribution >= 0.6 is 0 Å². The molecule has 4 N–H and O–H groups in total. The number of hydrogen-bond acceptors (Lipinski definition) is 8. The van der Waals surface area contributed by atoms with E-state index in [0.29, 0.717) is 40.4 Å². The maximum absolute atomic E-state index is 12.7. The van der Waals surface area contributed by atoms with Crippen molar-refractivity contribution in [3.63, 3.8) is 0 Å². The lowest BCUT2D eigenvalue weighted by atomic mass is 9.89. The summed E-state index contributed by atoms with van der Waals surface area (Å²) in [6.07, 6.45) is 3.47. The van der Waals surface area contributed by atoms with E-state index >= 15 is 0 Å². The van der Waals surface area contributed by atoms with Gasteiger partial charge in [-0.25, -0.2) is 14.8 Å². The molecular weight excluding hydrogens is 450 g/mol. The van der Waals surface area contributed by atoms with Gasteiger partial charge in [0, 0.05) is 23.9 Å². The highest BCUT2D eigenvalue weighted by Gasteiger charge is 2.29. The number of methoxy groups -OCH3 is 1. The van der Waals surface area contributed by atoms with Crippen LogP contribution in [0.1, 0.15) is 38.8 Å². The fraction of sp³-hybridized carbons (Fsp3) is 0.167. The van der Waals surface area contributed by atoms with Gasteiger partial charge in [-0.05, 0) is 35.7 Å². The zero-order valence-corrected chi connectivity index (χ0v) is 18.7. The van der Waals surface area contributed by atoms with Gasteiger partial charge in [-0.15, -0.1) is 9.78 Å². The number of hydrogen-bond donors (Lipinski definition) is 3. The van der Waals surface area contributed by atoms with Crippen LogP contribution in [-0.4, -0.2) is 50.1 Å². The number of aromatic nitrogens is 5. The van der Waals surface area contributed by atoms with E-state index < -0.39 is 11.6 Å². The highest BCUT2D eigenvalue weighted by atomic mass is 16.5. The van der Waals surface area contributed by atoms with E-state index in [1.165, 1.54) is 19.5 Å². The Morgan fingerprint density at radius 3 is 2.66 bits per heavy atom. The van der Waals surface area contributed by atoms with Gasteiger partial charge in [0.25, 0.3) is 5.95 Å². The first kappa shape index (κ1) is 22.0. The van der Waals surface area contributed by atoms with Crippen molar-refractivity contribution in [3.05, 3.63) is 93.4 Å². The minimum absolute atomic E-state index is 0.0269. The summed E-state index contributed by atoms with van der Waals surface area (Å²) in [6, 6.07) is 12.4. The van der Waals surface area contributed by atoms with Crippen LogP contribution in [0.25, 0.3) is 5.95 Å². The number of H-pyrrole nitrogens is 1. The zero-order valence-electron chi connectivity index (χ0n) is 18.7. The molecule has 0 radical (unpaired) electrons. The van der Waals surface area contributed by atoms with Crippen LogP contribution in [0.4, 0.5) is 0 Å². The average Bonchev–Trinajstić information content (AvgIpc) is 3.45. The van der Waals surface area contributed by atoms with Crippen molar-refractivity contribution in [2.24, 2.45) is 5.73 Å². The number of carbonyl (C=O) groups is 1. The van der Waals surface area contributed by atoms with Crippen molar-refractivity contribution in [1.82, 2.24) is 24.7 Å². The summed E-state index contributed by atoms with van der Waals surface area (Å²) in [6.45, 7) is -0.0525. The van der Waals surface area contributed by atoms with Crippen LogP contribution in [0, 0.1) is 5.41 Å². The first-order chi connectivity index (χ1) is 16.9. The molecular formula is C24H21N7O4. The lowest BCUT2D eigenvalue weighted by Crippen LogP contribution is -2.18. The van der Waals surface area contributed by atoms with Crippen LogP contribution in [0.3, 0.4) is 0 Å². The molecule has 0 fully saturated rings. The second-order valence-corrected chi connectivity index (χ2v) is 7.95. The van der Waals surface area contributed by atoms with Gasteiger partial charge in [0.15, 0.2) is 18.1 Å². The number of ketones is 1. The average molecular weight is 471 g/mol. The number of aromatic amines is 1. The van der Waals surface area contributed by atoms with E-state index in [2.05, 4.69) is 20.1 Å². The normalized spacial score (nSPS) is 13.2. The van der Waals surface area contributed by atoms with Crippen molar-refractivity contribution in [2.45, 2.75) is 12.3 Å². The number of nitrogens with two attached hydrogens (primary N) is 1. The Morgan fingerprint density at radius 1 is 1.23 bits per heavy atom. The molecule has 0 aliphatic carbocycles. The molecule has 176 valence electrons. The fourth-order valence-corrected chi connectivity index (χ4v) is 4.01. The molecule has 11 nitrogen and oxygen atoms in total. The number of nitrogens with one attached hydrogen (secondary N) is 2. The van der Waals surface area contributed by atoms with Crippen molar-refractivity contribution in [1.29, 1.82) is 5.41 Å². The molecule has 35 heavy (non-hydrogen) atoms. The number of rotatable bonds is 7. The number of ether oxygens (including phenoxy) is 2. The molecule has 0 bridgehead atoms. The molecule has 2 aromatic carbocycles. The number of nitrogen functional groups attached to an aromatic ring is 1. The first-order valence-electron chi connectivity index (χ1n) is 10.7. The predicted molar refractivity (Wildman–Crippen MR) is 126 cm³/mol. The van der Waals surface area contributed by atoms with Gasteiger partial charge < -0.3 is 15.2 Å². The summed E-state index contributed by atoms with van der Waals surface area (Å²) in [5, 5.41) is 12.1. The van der Waals surface area contributed by atoms with E-state index in [9.17, 15) is 9.59 Å². The number of nitrogens with zero attached hydrogens (tertiary/aromatic N) is 4. The quantitative estimate of drug-likeness (QED) is 0.270. The van der Waals surface area contributed by atoms with E-state index in [-0.39, 0.29) is 24.2 Å². The Bertz CT molecular complexity index is 1480. The molecule has 4 aromatic rings. The van der Waals surface area contributed by atoms with Crippen LogP contribution in [0.2, 0.25) is 0 Å². The number of fused-ring (bicyclic) bond motifs is 1. The third-order valence-corrected chi connectivity index (χ3v) is 5.76. The van der Waals surface area contributed by atoms with Crippen molar-refractivity contribution in [3.8, 4) is 17.4 Å². The molecule has 1 atom stereocenters. The van der Waals surface area contributed by atoms with Gasteiger partial charge in [0.05, 0.1) is 12.7 Å². The molecule has 0 saturated heterocycles. The largest absolute Gasteiger partial charge is 0.493 e. The molecule has 0 saturated carbocycles. The second-order valence-electron chi connectivity index (χ2n) is 7.95. The summed E-state index contributed by atoms with van der Waals surface area (Å²) in [4.78, 5) is 36.2. The van der Waals surface area contributed by atoms with E-state index in [1.54, 1.807) is 30.3 Å². The molecule has 2 aromatic heterocycles. The number of amidine groups is 1. The summed E-state index contributed by atoms with van der Waals surface area (Å²) < 4.78 is 12.1. The van der Waals surface area contributed by atoms with Gasteiger partial charge in [-0.3, -0.25) is 15.2 Å². The molecule has 0 amide bonds. The summed E-state index contributed by atoms with van der Waals surface area (Å²) in [5.74, 6) is 0.702. The molecule has 0 spiro atoms. The lowest BCUT2D eigenvalue weighted by Gasteiger charge is -2.17. The number of Topliss-reactive ketones (excluding diaryl/α,β-unsaturated/α-hetero) is 1. The van der Waals surface area contributed by atoms with Gasteiger partial charge in [0.1, 0.15) is 11.7 Å². The molecule has 11 heteroatoms. The van der Waals surface area contributed by atoms with Crippen molar-refractivity contribution >= 4 is 11.6 Å². The van der Waals surface area contributed by atoms with Crippen LogP contribution in [0.15, 0.2) is 59.7 Å². The smallest absolute Gasteiger partial charge is 0.350 e. The molecule has 3 heterocycles. The molecule has 1 aliphatic heterocycles. The standard InChI is InChI=1S/C24H21N7O4/c1-34-19-11-15(10-17-18(32)12-35-20(17)19)16(9-13-3-5-14(6-4-13)21(25)26)22-29-24(33)31(30-22)23-27-7-2-8-28-23/h2-8,10-11,16H,9,12H2,1H3,(H3,25,26)(H,29,30,33). The van der Waals surface area contributed by atoms with E-state index in [4.69, 9.17) is 20.6 Å². The molecule has 1 aliphatic rings. The second kappa shape index (κ2) is 8.86. The number of benzene rings is 2. The Labute approximate surface area is 199 Å². The third-order valence-electron chi connectivity index (χ3n) is 5.76. The highest BCUT2D eigenvalue weighted by Crippen LogP contribution is 2.40. The maximum Gasteiger partial charge on any atom is 0.350 e. The maximum atomic E-state index is 12.7. The predicted octanol–water partition coefficient (Wildman–Crippen LogP) is 1.59. The van der Waals surface area contributed by atoms with Crippen LogP contribution in [0.5, 0.6) is 11.5 Å². The molecule has 1 unspecified atom stereocenters. The summed E-state index contributed by atoms with van der Waals surface area (Å²) >= 11 is 0. The summed E-state index contributed by atoms with van der Waals surface area (Å²) in [7, 11) is 1.50. The third kappa shape index (κ3) is 4.14. The van der Waals surface area contributed by atoms with Gasteiger partial charge >= 0.3 is 5.69 Å². The fourth-order valence-electron chi connectivity index (χ4n) is 4.01. The Kier molecular flexibility index (Phi) is 5.57. The van der Waals surface area contributed by atoms with Gasteiger partial charge in [0.2, 0.25) is 5.78 Å². The highest BCUT2D eigenvalue weighted by molar-refractivity contribution is 6.03. The van der Waals surface area contributed by atoms with Crippen LogP contribution < -0.4 is 20.9 Å². The zero-order chi connectivity index (χ0) is 24.5. The SMILES string of the molecule is COc1cc(C(Cc2ccc(C(=N)N)cc2)c2nn(-c3ncccn3)c(=O)[nH]2)cc2c1OCC2=O.